The molecule has 2 rings (SSSR count). The Labute approximate surface area is 125 Å². The largest absolute Gasteiger partial charge is 0.368 e. The van der Waals surface area contributed by atoms with E-state index in [-0.39, 0.29) is 17.7 Å². The third kappa shape index (κ3) is 5.00. The van der Waals surface area contributed by atoms with Crippen molar-refractivity contribution in [1.82, 2.24) is 15.0 Å². The molecule has 1 aliphatic rings. The Balaban J connectivity index is 2.11. The standard InChI is InChI=1S/C12H22N6O2S/c1-9(8-21(2,19)20)14-11-15-10(13)16-12(17-11)18-6-4-3-5-7-18/h9H,3-8H2,1-2H3,(H3,13,14,15,16,17). The summed E-state index contributed by atoms with van der Waals surface area (Å²) in [5.41, 5.74) is 5.72. The summed E-state index contributed by atoms with van der Waals surface area (Å²) in [5.74, 6) is 1.02. The van der Waals surface area contributed by atoms with Gasteiger partial charge in [-0.1, -0.05) is 0 Å². The second-order valence-electron chi connectivity index (χ2n) is 5.50. The van der Waals surface area contributed by atoms with Crippen LogP contribution >= 0.6 is 0 Å². The van der Waals surface area contributed by atoms with Gasteiger partial charge in [0.2, 0.25) is 17.8 Å². The minimum atomic E-state index is -3.06. The van der Waals surface area contributed by atoms with Crippen molar-refractivity contribution >= 4 is 27.7 Å². The molecular formula is C12H22N6O2S. The number of hydrogen-bond donors (Lipinski definition) is 2. The molecule has 0 aromatic carbocycles. The van der Waals surface area contributed by atoms with Crippen LogP contribution in [0, 0.1) is 0 Å². The summed E-state index contributed by atoms with van der Waals surface area (Å²) in [7, 11) is -3.06. The second-order valence-corrected chi connectivity index (χ2v) is 7.69. The number of anilines is 3. The Hall–Kier alpha value is -1.64. The van der Waals surface area contributed by atoms with Gasteiger partial charge in [-0.2, -0.15) is 15.0 Å². The average Bonchev–Trinajstić information content (AvgIpc) is 2.36. The summed E-state index contributed by atoms with van der Waals surface area (Å²) in [6.45, 7) is 3.57. The van der Waals surface area contributed by atoms with Crippen LogP contribution in [-0.4, -0.2) is 54.5 Å². The van der Waals surface area contributed by atoms with Gasteiger partial charge in [-0.05, 0) is 26.2 Å². The van der Waals surface area contributed by atoms with E-state index in [0.717, 1.165) is 25.9 Å². The average molecular weight is 314 g/mol. The number of nitrogen functional groups attached to an aromatic ring is 1. The molecule has 1 atom stereocenters. The fraction of sp³-hybridized carbons (Fsp3) is 0.750. The van der Waals surface area contributed by atoms with Crippen LogP contribution in [0.15, 0.2) is 0 Å². The first-order valence-corrected chi connectivity index (χ1v) is 9.10. The van der Waals surface area contributed by atoms with Gasteiger partial charge >= 0.3 is 0 Å². The SMILES string of the molecule is CC(CS(C)(=O)=O)Nc1nc(N)nc(N2CCCCC2)n1. The highest BCUT2D eigenvalue weighted by Gasteiger charge is 2.17. The zero-order valence-electron chi connectivity index (χ0n) is 12.4. The Bertz CT molecular complexity index is 585. The predicted molar refractivity (Wildman–Crippen MR) is 83.1 cm³/mol. The summed E-state index contributed by atoms with van der Waals surface area (Å²) < 4.78 is 22.6. The quantitative estimate of drug-likeness (QED) is 0.797. The topological polar surface area (TPSA) is 114 Å². The summed E-state index contributed by atoms with van der Waals surface area (Å²) in [5, 5.41) is 2.97. The third-order valence-corrected chi connectivity index (χ3v) is 4.31. The Morgan fingerprint density at radius 1 is 1.24 bits per heavy atom. The van der Waals surface area contributed by atoms with Crippen molar-refractivity contribution in [2.24, 2.45) is 0 Å². The molecule has 1 aliphatic heterocycles. The van der Waals surface area contributed by atoms with Crippen molar-refractivity contribution in [2.75, 3.05) is 41.0 Å². The Morgan fingerprint density at radius 3 is 2.52 bits per heavy atom. The van der Waals surface area contributed by atoms with E-state index in [1.807, 2.05) is 0 Å². The van der Waals surface area contributed by atoms with E-state index in [0.29, 0.717) is 11.9 Å². The van der Waals surface area contributed by atoms with Gasteiger partial charge in [0.15, 0.2) is 0 Å². The van der Waals surface area contributed by atoms with Gasteiger partial charge in [0.1, 0.15) is 9.84 Å². The molecule has 0 radical (unpaired) electrons. The fourth-order valence-corrected chi connectivity index (χ4v) is 3.39. The number of nitrogens with one attached hydrogen (secondary N) is 1. The number of rotatable bonds is 5. The maximum absolute atomic E-state index is 11.3. The zero-order valence-corrected chi connectivity index (χ0v) is 13.2. The molecule has 0 saturated carbocycles. The van der Waals surface area contributed by atoms with Gasteiger partial charge in [0.05, 0.1) is 5.75 Å². The summed E-state index contributed by atoms with van der Waals surface area (Å²) in [4.78, 5) is 14.6. The maximum Gasteiger partial charge on any atom is 0.231 e. The van der Waals surface area contributed by atoms with E-state index >= 15 is 0 Å². The lowest BCUT2D eigenvalue weighted by molar-refractivity contribution is 0.567. The van der Waals surface area contributed by atoms with Gasteiger partial charge < -0.3 is 16.0 Å². The number of aromatic nitrogens is 3. The molecule has 21 heavy (non-hydrogen) atoms. The van der Waals surface area contributed by atoms with E-state index in [1.165, 1.54) is 12.7 Å². The van der Waals surface area contributed by atoms with Crippen LogP contribution in [0.2, 0.25) is 0 Å². The monoisotopic (exact) mass is 314 g/mol. The maximum atomic E-state index is 11.3. The van der Waals surface area contributed by atoms with Gasteiger partial charge in [-0.3, -0.25) is 0 Å². The molecule has 0 bridgehead atoms. The summed E-state index contributed by atoms with van der Waals surface area (Å²) >= 11 is 0. The lowest BCUT2D eigenvalue weighted by Gasteiger charge is -2.27. The summed E-state index contributed by atoms with van der Waals surface area (Å²) in [6.07, 6.45) is 4.64. The van der Waals surface area contributed by atoms with Crippen molar-refractivity contribution in [3.8, 4) is 0 Å². The molecule has 1 saturated heterocycles. The van der Waals surface area contributed by atoms with Crippen molar-refractivity contribution in [3.05, 3.63) is 0 Å². The molecule has 118 valence electrons. The molecule has 1 aromatic heterocycles. The van der Waals surface area contributed by atoms with Crippen molar-refractivity contribution in [3.63, 3.8) is 0 Å². The minimum Gasteiger partial charge on any atom is -0.368 e. The zero-order chi connectivity index (χ0) is 15.5. The summed E-state index contributed by atoms with van der Waals surface area (Å²) in [6, 6.07) is -0.295. The molecule has 1 unspecified atom stereocenters. The van der Waals surface area contributed by atoms with Crippen molar-refractivity contribution in [1.29, 1.82) is 0 Å². The van der Waals surface area contributed by atoms with E-state index in [2.05, 4.69) is 25.2 Å². The van der Waals surface area contributed by atoms with Crippen LogP contribution in [0.3, 0.4) is 0 Å². The number of hydrogen-bond acceptors (Lipinski definition) is 8. The van der Waals surface area contributed by atoms with Crippen LogP contribution in [0.1, 0.15) is 26.2 Å². The highest BCUT2D eigenvalue weighted by molar-refractivity contribution is 7.90. The first kappa shape index (κ1) is 15.7. The lowest BCUT2D eigenvalue weighted by Crippen LogP contribution is -2.32. The van der Waals surface area contributed by atoms with Gasteiger partial charge in [0.25, 0.3) is 0 Å². The molecular weight excluding hydrogens is 292 g/mol. The molecule has 1 fully saturated rings. The lowest BCUT2D eigenvalue weighted by atomic mass is 10.1. The van der Waals surface area contributed by atoms with Gasteiger partial charge in [-0.15, -0.1) is 0 Å². The number of piperidine rings is 1. The van der Waals surface area contributed by atoms with Gasteiger partial charge in [0, 0.05) is 25.4 Å². The van der Waals surface area contributed by atoms with Crippen LogP contribution < -0.4 is 16.0 Å². The van der Waals surface area contributed by atoms with E-state index in [9.17, 15) is 8.42 Å². The Morgan fingerprint density at radius 2 is 1.90 bits per heavy atom. The molecule has 1 aromatic rings. The molecule has 9 heteroatoms. The van der Waals surface area contributed by atoms with Crippen LogP contribution in [0.5, 0.6) is 0 Å². The molecule has 0 aliphatic carbocycles. The van der Waals surface area contributed by atoms with Crippen LogP contribution in [0.25, 0.3) is 0 Å². The molecule has 0 amide bonds. The second kappa shape index (κ2) is 6.42. The highest BCUT2D eigenvalue weighted by atomic mass is 32.2. The number of nitrogens with two attached hydrogens (primary N) is 1. The third-order valence-electron chi connectivity index (χ3n) is 3.21. The van der Waals surface area contributed by atoms with Crippen LogP contribution in [0.4, 0.5) is 17.8 Å². The highest BCUT2D eigenvalue weighted by Crippen LogP contribution is 2.17. The van der Waals surface area contributed by atoms with E-state index in [1.54, 1.807) is 6.92 Å². The van der Waals surface area contributed by atoms with E-state index < -0.39 is 9.84 Å². The fourth-order valence-electron chi connectivity index (χ4n) is 2.40. The van der Waals surface area contributed by atoms with E-state index in [4.69, 9.17) is 5.73 Å². The first-order chi connectivity index (χ1) is 9.83. The smallest absolute Gasteiger partial charge is 0.231 e. The normalized spacial score (nSPS) is 17.5. The number of nitrogens with zero attached hydrogens (tertiary/aromatic N) is 4. The van der Waals surface area contributed by atoms with Crippen LogP contribution in [-0.2, 0) is 9.84 Å². The molecule has 0 spiro atoms. The predicted octanol–water partition coefficient (Wildman–Crippen LogP) is 0.289. The molecule has 2 heterocycles. The number of sulfone groups is 1. The molecule has 8 nitrogen and oxygen atoms in total. The first-order valence-electron chi connectivity index (χ1n) is 7.04. The van der Waals surface area contributed by atoms with Crippen molar-refractivity contribution < 1.29 is 8.42 Å². The minimum absolute atomic E-state index is 0.0115. The van der Waals surface area contributed by atoms with Crippen molar-refractivity contribution in [2.45, 2.75) is 32.2 Å². The Kier molecular flexibility index (Phi) is 4.81. The molecule has 3 N–H and O–H groups in total. The van der Waals surface area contributed by atoms with Gasteiger partial charge in [-0.25, -0.2) is 8.42 Å².